The highest BCUT2D eigenvalue weighted by Crippen LogP contribution is 2.42. The van der Waals surface area contributed by atoms with Crippen molar-refractivity contribution in [2.75, 3.05) is 11.9 Å². The van der Waals surface area contributed by atoms with Gasteiger partial charge in [-0.1, -0.05) is 48.0 Å². The Morgan fingerprint density at radius 1 is 0.971 bits per heavy atom. The highest BCUT2D eigenvalue weighted by molar-refractivity contribution is 6.05. The van der Waals surface area contributed by atoms with E-state index < -0.39 is 12.0 Å². The van der Waals surface area contributed by atoms with Crippen LogP contribution in [0.2, 0.25) is 0 Å². The van der Waals surface area contributed by atoms with Gasteiger partial charge in [0, 0.05) is 24.1 Å². The molecule has 0 bridgehead atoms. The van der Waals surface area contributed by atoms with Crippen LogP contribution in [0.3, 0.4) is 0 Å². The molecule has 1 N–H and O–H groups in total. The lowest BCUT2D eigenvalue weighted by molar-refractivity contribution is -0.120. The predicted octanol–water partition coefficient (Wildman–Crippen LogP) is 4.54. The summed E-state index contributed by atoms with van der Waals surface area (Å²) in [5.74, 6) is -0.895. The molecule has 7 heteroatoms. The number of para-hydroxylation sites is 1. The monoisotopic (exact) mass is 468 g/mol. The van der Waals surface area contributed by atoms with Crippen LogP contribution in [0.25, 0.3) is 5.69 Å². The largest absolute Gasteiger partial charge is 0.339 e. The van der Waals surface area contributed by atoms with Crippen molar-refractivity contribution >= 4 is 17.6 Å². The van der Waals surface area contributed by atoms with Gasteiger partial charge in [0.2, 0.25) is 0 Å². The summed E-state index contributed by atoms with van der Waals surface area (Å²) in [7, 11) is 1.69. The summed E-state index contributed by atoms with van der Waals surface area (Å²) < 4.78 is 15.5. The number of fused-ring (bicyclic) bond motifs is 1. The van der Waals surface area contributed by atoms with Crippen LogP contribution in [-0.2, 0) is 4.79 Å². The zero-order valence-electron chi connectivity index (χ0n) is 19.7. The molecule has 1 aromatic heterocycles. The second-order valence-corrected chi connectivity index (χ2v) is 8.82. The fourth-order valence-corrected chi connectivity index (χ4v) is 4.77. The number of carbonyl (C=O) groups is 2. The normalized spacial score (nSPS) is 17.3. The number of amides is 2. The minimum absolute atomic E-state index is 0.273. The molecule has 0 aliphatic carbocycles. The third kappa shape index (κ3) is 3.99. The first-order valence-corrected chi connectivity index (χ1v) is 11.4. The average molecular weight is 469 g/mol. The quantitative estimate of drug-likeness (QED) is 0.478. The van der Waals surface area contributed by atoms with Crippen LogP contribution in [0.1, 0.15) is 38.7 Å². The number of carbonyl (C=O) groups excluding carboxylic acids is 2. The second-order valence-electron chi connectivity index (χ2n) is 8.82. The SMILES string of the molecule is Cc1cccc(C(=O)N[C@@H]2C(=O)N(C)c3c(c(C)nn3-c3ccccc3)[C@@H]2c2ccc(F)cc2)c1. The molecule has 6 nitrogen and oxygen atoms in total. The summed E-state index contributed by atoms with van der Waals surface area (Å²) in [6.45, 7) is 3.79. The van der Waals surface area contributed by atoms with E-state index in [0.29, 0.717) is 11.4 Å². The average Bonchev–Trinajstić information content (AvgIpc) is 3.21. The summed E-state index contributed by atoms with van der Waals surface area (Å²) in [5.41, 5.74) is 4.50. The van der Waals surface area contributed by atoms with Crippen molar-refractivity contribution in [3.63, 3.8) is 0 Å². The second kappa shape index (κ2) is 8.83. The maximum absolute atomic E-state index is 13.8. The summed E-state index contributed by atoms with van der Waals surface area (Å²) in [6.07, 6.45) is 0. The van der Waals surface area contributed by atoms with Crippen LogP contribution >= 0.6 is 0 Å². The molecule has 0 fully saturated rings. The Kier molecular flexibility index (Phi) is 5.68. The van der Waals surface area contributed by atoms with Gasteiger partial charge in [0.05, 0.1) is 11.4 Å². The summed E-state index contributed by atoms with van der Waals surface area (Å²) in [6, 6.07) is 22.0. The molecule has 0 saturated heterocycles. The first-order valence-electron chi connectivity index (χ1n) is 11.4. The van der Waals surface area contributed by atoms with E-state index in [2.05, 4.69) is 5.32 Å². The number of hydrogen-bond donors (Lipinski definition) is 1. The molecule has 2 heterocycles. The van der Waals surface area contributed by atoms with Gasteiger partial charge in [-0.15, -0.1) is 0 Å². The van der Waals surface area contributed by atoms with E-state index in [9.17, 15) is 14.0 Å². The number of benzene rings is 3. The molecule has 176 valence electrons. The third-order valence-electron chi connectivity index (χ3n) is 6.44. The van der Waals surface area contributed by atoms with E-state index in [0.717, 1.165) is 28.1 Å². The molecule has 0 spiro atoms. The number of nitrogens with zero attached hydrogens (tertiary/aromatic N) is 3. The van der Waals surface area contributed by atoms with Crippen LogP contribution in [-0.4, -0.2) is 34.7 Å². The number of hydrogen-bond acceptors (Lipinski definition) is 3. The fraction of sp³-hybridized carbons (Fsp3) is 0.179. The lowest BCUT2D eigenvalue weighted by Gasteiger charge is -2.37. The van der Waals surface area contributed by atoms with E-state index in [4.69, 9.17) is 5.10 Å². The lowest BCUT2D eigenvalue weighted by atomic mass is 9.81. The van der Waals surface area contributed by atoms with Crippen molar-refractivity contribution in [2.45, 2.75) is 25.8 Å². The van der Waals surface area contributed by atoms with Crippen molar-refractivity contribution in [1.29, 1.82) is 0 Å². The van der Waals surface area contributed by atoms with Crippen molar-refractivity contribution in [1.82, 2.24) is 15.1 Å². The maximum atomic E-state index is 13.8. The van der Waals surface area contributed by atoms with E-state index in [1.54, 1.807) is 40.9 Å². The maximum Gasteiger partial charge on any atom is 0.251 e. The van der Waals surface area contributed by atoms with Crippen molar-refractivity contribution < 1.29 is 14.0 Å². The zero-order chi connectivity index (χ0) is 24.7. The molecule has 4 aromatic rings. The van der Waals surface area contributed by atoms with Crippen molar-refractivity contribution in [3.05, 3.63) is 113 Å². The number of anilines is 1. The predicted molar refractivity (Wildman–Crippen MR) is 132 cm³/mol. The Balaban J connectivity index is 1.66. The first-order chi connectivity index (χ1) is 16.8. The van der Waals surface area contributed by atoms with E-state index in [-0.39, 0.29) is 17.6 Å². The van der Waals surface area contributed by atoms with Crippen LogP contribution in [0.4, 0.5) is 10.2 Å². The molecule has 1 aliphatic heterocycles. The zero-order valence-corrected chi connectivity index (χ0v) is 19.7. The van der Waals surface area contributed by atoms with Crippen LogP contribution < -0.4 is 10.2 Å². The summed E-state index contributed by atoms with van der Waals surface area (Å²) >= 11 is 0. The molecule has 0 unspecified atom stereocenters. The molecule has 5 rings (SSSR count). The van der Waals surface area contributed by atoms with Gasteiger partial charge in [-0.2, -0.15) is 5.10 Å². The Bertz CT molecular complexity index is 1410. The van der Waals surface area contributed by atoms with Crippen molar-refractivity contribution in [2.24, 2.45) is 0 Å². The number of rotatable bonds is 4. The van der Waals surface area contributed by atoms with Gasteiger partial charge in [-0.25, -0.2) is 9.07 Å². The van der Waals surface area contributed by atoms with Gasteiger partial charge in [-0.3, -0.25) is 14.5 Å². The molecular weight excluding hydrogens is 443 g/mol. The Labute approximate surface area is 203 Å². The molecular formula is C28H25FN4O2. The number of aryl methyl sites for hydroxylation is 2. The van der Waals surface area contributed by atoms with Crippen molar-refractivity contribution in [3.8, 4) is 5.69 Å². The van der Waals surface area contributed by atoms with Gasteiger partial charge in [0.15, 0.2) is 0 Å². The molecule has 0 radical (unpaired) electrons. The minimum Gasteiger partial charge on any atom is -0.339 e. The lowest BCUT2D eigenvalue weighted by Crippen LogP contribution is -2.54. The number of likely N-dealkylation sites (N-methyl/N-ethyl adjacent to an activating group) is 1. The summed E-state index contributed by atoms with van der Waals surface area (Å²) in [5, 5.41) is 7.72. The molecule has 0 saturated carbocycles. The Morgan fingerprint density at radius 3 is 2.37 bits per heavy atom. The van der Waals surface area contributed by atoms with Gasteiger partial charge in [0.25, 0.3) is 11.8 Å². The molecule has 35 heavy (non-hydrogen) atoms. The smallest absolute Gasteiger partial charge is 0.251 e. The number of nitrogens with one attached hydrogen (secondary N) is 1. The number of halogens is 1. The Morgan fingerprint density at radius 2 is 1.69 bits per heavy atom. The molecule has 3 aromatic carbocycles. The third-order valence-corrected chi connectivity index (χ3v) is 6.44. The number of aromatic nitrogens is 2. The van der Waals surface area contributed by atoms with Gasteiger partial charge < -0.3 is 5.32 Å². The Hall–Kier alpha value is -4.26. The molecule has 2 amide bonds. The summed E-state index contributed by atoms with van der Waals surface area (Å²) in [4.78, 5) is 28.5. The van der Waals surface area contributed by atoms with Gasteiger partial charge in [-0.05, 0) is 55.8 Å². The van der Waals surface area contributed by atoms with Gasteiger partial charge >= 0.3 is 0 Å². The van der Waals surface area contributed by atoms with E-state index in [1.165, 1.54) is 12.1 Å². The standard InChI is InChI=1S/C28H25FN4O2/c1-17-8-7-9-20(16-17)26(34)30-25-24(19-12-14-21(29)15-13-19)23-18(2)31-33(22-10-5-4-6-11-22)27(23)32(3)28(25)35/h4-16,24-25H,1-3H3,(H,30,34)/t24-,25-/m0/s1. The topological polar surface area (TPSA) is 67.2 Å². The van der Waals surface area contributed by atoms with Crippen LogP contribution in [0.15, 0.2) is 78.9 Å². The van der Waals surface area contributed by atoms with Crippen LogP contribution in [0.5, 0.6) is 0 Å². The highest BCUT2D eigenvalue weighted by atomic mass is 19.1. The fourth-order valence-electron chi connectivity index (χ4n) is 4.77. The van der Waals surface area contributed by atoms with E-state index in [1.807, 2.05) is 56.3 Å². The molecule has 2 atom stereocenters. The van der Waals surface area contributed by atoms with Gasteiger partial charge in [0.1, 0.15) is 17.7 Å². The molecule has 1 aliphatic rings. The minimum atomic E-state index is -0.891. The first kappa shape index (κ1) is 22.5. The van der Waals surface area contributed by atoms with E-state index >= 15 is 0 Å². The highest BCUT2D eigenvalue weighted by Gasteiger charge is 2.44. The van der Waals surface area contributed by atoms with Crippen LogP contribution in [0, 0.1) is 19.7 Å².